The molecule has 3 rings (SSSR count). The molecule has 0 bridgehead atoms. The molecule has 0 spiro atoms. The fourth-order valence-electron chi connectivity index (χ4n) is 3.52. The molecule has 1 fully saturated rings. The Labute approximate surface area is 189 Å². The van der Waals surface area contributed by atoms with Crippen molar-refractivity contribution < 1.29 is 22.7 Å². The summed E-state index contributed by atoms with van der Waals surface area (Å²) in [6.07, 6.45) is 0.223. The highest BCUT2D eigenvalue weighted by Gasteiger charge is 2.21. The topological polar surface area (TPSA) is 96.0 Å². The molecule has 0 radical (unpaired) electrons. The monoisotopic (exact) mass is 459 g/mol. The third-order valence-corrected chi connectivity index (χ3v) is 7.10. The molecule has 0 saturated carbocycles. The predicted octanol–water partition coefficient (Wildman–Crippen LogP) is 1.58. The summed E-state index contributed by atoms with van der Waals surface area (Å²) in [5.74, 6) is -0.443. The van der Waals surface area contributed by atoms with Gasteiger partial charge in [0.05, 0.1) is 17.3 Å². The van der Waals surface area contributed by atoms with Crippen LogP contribution < -0.4 is 10.2 Å². The Morgan fingerprint density at radius 2 is 1.62 bits per heavy atom. The van der Waals surface area contributed by atoms with E-state index >= 15 is 0 Å². The number of anilines is 1. The second-order valence-corrected chi connectivity index (χ2v) is 9.65. The van der Waals surface area contributed by atoms with Crippen molar-refractivity contribution in [1.82, 2.24) is 10.2 Å². The summed E-state index contributed by atoms with van der Waals surface area (Å²) in [6.45, 7) is 3.20. The lowest BCUT2D eigenvalue weighted by Crippen LogP contribution is -2.49. The molecule has 1 saturated heterocycles. The number of nitrogens with one attached hydrogen (secondary N) is 1. The molecule has 2 aromatic rings. The van der Waals surface area contributed by atoms with E-state index in [-0.39, 0.29) is 42.0 Å². The predicted molar refractivity (Wildman–Crippen MR) is 123 cm³/mol. The van der Waals surface area contributed by atoms with E-state index in [0.29, 0.717) is 18.7 Å². The number of carbonyl (C=O) groups excluding carboxylic acids is 2. The SMILES string of the molecule is COCCS(=O)(=O)c1ccc(C(=O)NCCC(=O)N2CCN(c3ccccc3)CC2)cc1. The standard InChI is InChI=1S/C23H29N3O5S/c1-31-17-18-32(29,30)21-9-7-19(8-10-21)23(28)24-12-11-22(27)26-15-13-25(14-16-26)20-5-3-2-4-6-20/h2-10H,11-18H2,1H3,(H,24,28). The second kappa shape index (κ2) is 11.1. The van der Waals surface area contributed by atoms with Crippen LogP contribution in [0.2, 0.25) is 0 Å². The summed E-state index contributed by atoms with van der Waals surface area (Å²) < 4.78 is 29.1. The van der Waals surface area contributed by atoms with Gasteiger partial charge >= 0.3 is 0 Å². The van der Waals surface area contributed by atoms with E-state index in [1.165, 1.54) is 31.4 Å². The normalized spacial score (nSPS) is 14.3. The number of carbonyl (C=O) groups is 2. The first-order valence-corrected chi connectivity index (χ1v) is 12.2. The number of methoxy groups -OCH3 is 1. The molecule has 2 amide bonds. The van der Waals surface area contributed by atoms with Crippen LogP contribution in [0.5, 0.6) is 0 Å². The number of nitrogens with zero attached hydrogens (tertiary/aromatic N) is 2. The van der Waals surface area contributed by atoms with Gasteiger partial charge in [0, 0.05) is 57.5 Å². The van der Waals surface area contributed by atoms with Gasteiger partial charge in [-0.1, -0.05) is 18.2 Å². The molecule has 2 aromatic carbocycles. The van der Waals surface area contributed by atoms with Crippen molar-refractivity contribution in [2.45, 2.75) is 11.3 Å². The molecule has 8 nitrogen and oxygen atoms in total. The number of ether oxygens (including phenoxy) is 1. The van der Waals surface area contributed by atoms with Crippen LogP contribution in [0, 0.1) is 0 Å². The van der Waals surface area contributed by atoms with Crippen molar-refractivity contribution in [2.24, 2.45) is 0 Å². The maximum absolute atomic E-state index is 12.5. The number of hydrogen-bond donors (Lipinski definition) is 1. The van der Waals surface area contributed by atoms with Gasteiger partial charge in [0.1, 0.15) is 0 Å². The Bertz CT molecular complexity index is 1000. The first-order chi connectivity index (χ1) is 15.4. The highest BCUT2D eigenvalue weighted by Crippen LogP contribution is 2.16. The van der Waals surface area contributed by atoms with Crippen LogP contribution in [0.4, 0.5) is 5.69 Å². The fraction of sp³-hybridized carbons (Fsp3) is 0.391. The zero-order chi connectivity index (χ0) is 23.0. The van der Waals surface area contributed by atoms with Crippen LogP contribution in [0.3, 0.4) is 0 Å². The van der Waals surface area contributed by atoms with Gasteiger partial charge in [-0.15, -0.1) is 0 Å². The number of piperazine rings is 1. The minimum Gasteiger partial charge on any atom is -0.384 e. The molecule has 0 atom stereocenters. The lowest BCUT2D eigenvalue weighted by Gasteiger charge is -2.36. The average Bonchev–Trinajstić information content (AvgIpc) is 2.83. The van der Waals surface area contributed by atoms with E-state index in [1.54, 1.807) is 0 Å². The van der Waals surface area contributed by atoms with Gasteiger partial charge in [0.2, 0.25) is 5.91 Å². The molecule has 0 unspecified atom stereocenters. The molecular weight excluding hydrogens is 430 g/mol. The number of benzene rings is 2. The zero-order valence-corrected chi connectivity index (χ0v) is 19.0. The van der Waals surface area contributed by atoms with Crippen LogP contribution in [-0.2, 0) is 19.4 Å². The number of hydrogen-bond acceptors (Lipinski definition) is 6. The Balaban J connectivity index is 1.42. The third-order valence-electron chi connectivity index (χ3n) is 5.41. The van der Waals surface area contributed by atoms with Crippen LogP contribution in [0.1, 0.15) is 16.8 Å². The number of amides is 2. The van der Waals surface area contributed by atoms with E-state index in [0.717, 1.165) is 18.8 Å². The first-order valence-electron chi connectivity index (χ1n) is 10.6. The molecule has 0 aliphatic carbocycles. The molecule has 0 aromatic heterocycles. The van der Waals surface area contributed by atoms with E-state index in [4.69, 9.17) is 4.74 Å². The number of sulfone groups is 1. The molecule has 9 heteroatoms. The van der Waals surface area contributed by atoms with Gasteiger partial charge in [0.25, 0.3) is 5.91 Å². The lowest BCUT2D eigenvalue weighted by atomic mass is 10.2. The van der Waals surface area contributed by atoms with Gasteiger partial charge in [-0.2, -0.15) is 0 Å². The maximum atomic E-state index is 12.5. The van der Waals surface area contributed by atoms with Crippen molar-refractivity contribution in [3.63, 3.8) is 0 Å². The summed E-state index contributed by atoms with van der Waals surface area (Å²) in [7, 11) is -1.99. The van der Waals surface area contributed by atoms with Gasteiger partial charge in [-0.25, -0.2) is 8.42 Å². The summed E-state index contributed by atoms with van der Waals surface area (Å²) in [5, 5.41) is 2.73. The Kier molecular flexibility index (Phi) is 8.24. The molecular formula is C23H29N3O5S. The van der Waals surface area contributed by atoms with Crippen LogP contribution in [0.25, 0.3) is 0 Å². The van der Waals surface area contributed by atoms with E-state index < -0.39 is 9.84 Å². The van der Waals surface area contributed by atoms with Gasteiger partial charge in [-0.3, -0.25) is 9.59 Å². The summed E-state index contributed by atoms with van der Waals surface area (Å²) in [6, 6.07) is 15.9. The van der Waals surface area contributed by atoms with Gasteiger partial charge in [-0.05, 0) is 36.4 Å². The maximum Gasteiger partial charge on any atom is 0.251 e. The van der Waals surface area contributed by atoms with E-state index in [1.807, 2.05) is 23.1 Å². The lowest BCUT2D eigenvalue weighted by molar-refractivity contribution is -0.131. The van der Waals surface area contributed by atoms with E-state index in [2.05, 4.69) is 22.3 Å². The molecule has 1 aliphatic rings. The van der Waals surface area contributed by atoms with Crippen molar-refractivity contribution in [2.75, 3.05) is 57.1 Å². The molecule has 1 aliphatic heterocycles. The Morgan fingerprint density at radius 1 is 0.969 bits per heavy atom. The minimum atomic E-state index is -3.44. The number of rotatable bonds is 9. The van der Waals surface area contributed by atoms with Gasteiger partial charge < -0.3 is 19.9 Å². The largest absolute Gasteiger partial charge is 0.384 e. The van der Waals surface area contributed by atoms with Crippen molar-refractivity contribution in [3.8, 4) is 0 Å². The van der Waals surface area contributed by atoms with Gasteiger partial charge in [0.15, 0.2) is 9.84 Å². The van der Waals surface area contributed by atoms with Crippen molar-refractivity contribution >= 4 is 27.3 Å². The zero-order valence-electron chi connectivity index (χ0n) is 18.2. The second-order valence-electron chi connectivity index (χ2n) is 7.55. The van der Waals surface area contributed by atoms with Crippen LogP contribution in [-0.4, -0.2) is 77.3 Å². The summed E-state index contributed by atoms with van der Waals surface area (Å²) in [4.78, 5) is 29.0. The molecule has 172 valence electrons. The first kappa shape index (κ1) is 23.7. The Morgan fingerprint density at radius 3 is 2.25 bits per heavy atom. The molecule has 1 heterocycles. The van der Waals surface area contributed by atoms with Crippen LogP contribution >= 0.6 is 0 Å². The quantitative estimate of drug-likeness (QED) is 0.612. The minimum absolute atomic E-state index is 0.0117. The van der Waals surface area contributed by atoms with Crippen LogP contribution in [0.15, 0.2) is 59.5 Å². The molecule has 32 heavy (non-hydrogen) atoms. The highest BCUT2D eigenvalue weighted by molar-refractivity contribution is 7.91. The third kappa shape index (κ3) is 6.30. The molecule has 1 N–H and O–H groups in total. The average molecular weight is 460 g/mol. The summed E-state index contributed by atoms with van der Waals surface area (Å²) >= 11 is 0. The van der Waals surface area contributed by atoms with Crippen molar-refractivity contribution in [1.29, 1.82) is 0 Å². The summed E-state index contributed by atoms with van der Waals surface area (Å²) in [5.41, 5.74) is 1.50. The van der Waals surface area contributed by atoms with Crippen molar-refractivity contribution in [3.05, 3.63) is 60.2 Å². The van der Waals surface area contributed by atoms with E-state index in [9.17, 15) is 18.0 Å². The smallest absolute Gasteiger partial charge is 0.251 e. The number of para-hydroxylation sites is 1. The highest BCUT2D eigenvalue weighted by atomic mass is 32.2. The fourth-order valence-corrected chi connectivity index (χ4v) is 4.69. The Hall–Kier alpha value is -2.91.